The highest BCUT2D eigenvalue weighted by atomic mass is 32.1. The predicted molar refractivity (Wildman–Crippen MR) is 104 cm³/mol. The van der Waals surface area contributed by atoms with E-state index in [1.807, 2.05) is 10.3 Å². The number of aryl methyl sites for hydroxylation is 1. The van der Waals surface area contributed by atoms with E-state index < -0.39 is 0 Å². The lowest BCUT2D eigenvalue weighted by atomic mass is 9.87. The maximum absolute atomic E-state index is 12.7. The number of carbonyl (C=O) groups excluding carboxylic acids is 2. The van der Waals surface area contributed by atoms with Gasteiger partial charge in [0, 0.05) is 37.6 Å². The molecule has 1 fully saturated rings. The normalized spacial score (nSPS) is 20.7. The molecule has 0 unspecified atom stereocenters. The van der Waals surface area contributed by atoms with E-state index in [0.717, 1.165) is 39.0 Å². The maximum atomic E-state index is 12.7. The van der Waals surface area contributed by atoms with E-state index >= 15 is 0 Å². The van der Waals surface area contributed by atoms with Crippen LogP contribution in [-0.2, 0) is 12.8 Å². The van der Waals surface area contributed by atoms with E-state index in [9.17, 15) is 9.59 Å². The molecule has 0 N–H and O–H groups in total. The zero-order chi connectivity index (χ0) is 18.1. The van der Waals surface area contributed by atoms with Crippen LogP contribution in [0.15, 0.2) is 35.7 Å². The van der Waals surface area contributed by atoms with Crippen LogP contribution >= 0.6 is 11.3 Å². The van der Waals surface area contributed by atoms with Crippen molar-refractivity contribution < 1.29 is 9.59 Å². The van der Waals surface area contributed by atoms with Gasteiger partial charge in [0.15, 0.2) is 5.78 Å². The smallest absolute Gasteiger partial charge is 0.254 e. The Balaban J connectivity index is 1.35. The summed E-state index contributed by atoms with van der Waals surface area (Å²) >= 11 is 1.36. The molecular formula is C21H24N2O2S. The highest BCUT2D eigenvalue weighted by Gasteiger charge is 2.29. The molecule has 0 saturated carbocycles. The molecule has 1 atom stereocenters. The SMILES string of the molecule is CC(=O)c1cc(C(=O)N2CCN([C@H]3CCc4ccccc4C3)CC2)cs1. The molecular weight excluding hydrogens is 344 g/mol. The first-order chi connectivity index (χ1) is 12.6. The number of hydrogen-bond donors (Lipinski definition) is 0. The zero-order valence-electron chi connectivity index (χ0n) is 15.1. The van der Waals surface area contributed by atoms with Crippen molar-refractivity contribution >= 4 is 23.0 Å². The van der Waals surface area contributed by atoms with Crippen LogP contribution < -0.4 is 0 Å². The number of fused-ring (bicyclic) bond motifs is 1. The molecule has 4 rings (SSSR count). The van der Waals surface area contributed by atoms with Crippen molar-refractivity contribution in [3.8, 4) is 0 Å². The number of rotatable bonds is 3. The van der Waals surface area contributed by atoms with Crippen molar-refractivity contribution in [2.45, 2.75) is 32.2 Å². The molecule has 5 heteroatoms. The van der Waals surface area contributed by atoms with Gasteiger partial charge in [-0.2, -0.15) is 0 Å². The lowest BCUT2D eigenvalue weighted by Crippen LogP contribution is -2.53. The Bertz CT molecular complexity index is 821. The van der Waals surface area contributed by atoms with Gasteiger partial charge in [-0.05, 0) is 43.4 Å². The molecule has 1 saturated heterocycles. The zero-order valence-corrected chi connectivity index (χ0v) is 15.9. The van der Waals surface area contributed by atoms with Crippen LogP contribution in [0.3, 0.4) is 0 Å². The van der Waals surface area contributed by atoms with Gasteiger partial charge in [-0.25, -0.2) is 0 Å². The largest absolute Gasteiger partial charge is 0.336 e. The monoisotopic (exact) mass is 368 g/mol. The van der Waals surface area contributed by atoms with E-state index in [-0.39, 0.29) is 11.7 Å². The first kappa shape index (κ1) is 17.4. The van der Waals surface area contributed by atoms with Gasteiger partial charge in [-0.15, -0.1) is 11.3 Å². The third-order valence-corrected chi connectivity index (χ3v) is 6.66. The molecule has 26 heavy (non-hydrogen) atoms. The van der Waals surface area contributed by atoms with Crippen LogP contribution in [-0.4, -0.2) is 53.7 Å². The van der Waals surface area contributed by atoms with Gasteiger partial charge >= 0.3 is 0 Å². The van der Waals surface area contributed by atoms with Crippen molar-refractivity contribution in [1.82, 2.24) is 9.80 Å². The van der Waals surface area contributed by atoms with Crippen LogP contribution in [0.25, 0.3) is 0 Å². The number of benzene rings is 1. The van der Waals surface area contributed by atoms with Crippen molar-refractivity contribution in [1.29, 1.82) is 0 Å². The first-order valence-electron chi connectivity index (χ1n) is 9.31. The van der Waals surface area contributed by atoms with Gasteiger partial charge in [0.1, 0.15) is 0 Å². The average Bonchev–Trinajstić information content (AvgIpc) is 3.18. The summed E-state index contributed by atoms with van der Waals surface area (Å²) in [5, 5.41) is 1.81. The fourth-order valence-electron chi connectivity index (χ4n) is 4.10. The first-order valence-corrected chi connectivity index (χ1v) is 10.2. The van der Waals surface area contributed by atoms with E-state index in [1.54, 1.807) is 13.0 Å². The summed E-state index contributed by atoms with van der Waals surface area (Å²) in [4.78, 5) is 29.3. The Morgan fingerprint density at radius 1 is 1.08 bits per heavy atom. The summed E-state index contributed by atoms with van der Waals surface area (Å²) in [5.74, 6) is 0.0823. The Morgan fingerprint density at radius 2 is 1.81 bits per heavy atom. The number of thiophene rings is 1. The summed E-state index contributed by atoms with van der Waals surface area (Å²) in [5.41, 5.74) is 3.63. The highest BCUT2D eigenvalue weighted by Crippen LogP contribution is 2.25. The lowest BCUT2D eigenvalue weighted by Gasteiger charge is -2.41. The predicted octanol–water partition coefficient (Wildman–Crippen LogP) is 3.27. The maximum Gasteiger partial charge on any atom is 0.254 e. The fourth-order valence-corrected chi connectivity index (χ4v) is 4.88. The molecule has 1 amide bonds. The molecule has 2 aromatic rings. The molecule has 0 bridgehead atoms. The number of piperazine rings is 1. The third kappa shape index (κ3) is 3.46. The van der Waals surface area contributed by atoms with Gasteiger partial charge in [-0.3, -0.25) is 14.5 Å². The number of hydrogen-bond acceptors (Lipinski definition) is 4. The van der Waals surface area contributed by atoms with Crippen LogP contribution in [0.4, 0.5) is 0 Å². The standard InChI is InChI=1S/C21H24N2O2S/c1-15(24)20-13-18(14-26-20)21(25)23-10-8-22(9-11-23)19-7-6-16-4-2-3-5-17(16)12-19/h2-5,13-14,19H,6-12H2,1H3/t19-/m0/s1. The molecule has 1 aliphatic heterocycles. The second-order valence-corrected chi connectivity index (χ2v) is 8.16. The van der Waals surface area contributed by atoms with Crippen molar-refractivity contribution in [3.05, 3.63) is 57.3 Å². The molecule has 2 aliphatic rings. The Hall–Kier alpha value is -1.98. The summed E-state index contributed by atoms with van der Waals surface area (Å²) in [6.07, 6.45) is 3.48. The summed E-state index contributed by atoms with van der Waals surface area (Å²) in [6, 6.07) is 11.1. The van der Waals surface area contributed by atoms with E-state index in [4.69, 9.17) is 0 Å². The van der Waals surface area contributed by atoms with Gasteiger partial charge in [-0.1, -0.05) is 24.3 Å². The molecule has 0 radical (unpaired) electrons. The van der Waals surface area contributed by atoms with Gasteiger partial charge in [0.05, 0.1) is 10.4 Å². The number of amides is 1. The Morgan fingerprint density at radius 3 is 2.50 bits per heavy atom. The molecule has 1 aromatic heterocycles. The van der Waals surface area contributed by atoms with Gasteiger partial charge < -0.3 is 4.90 Å². The Labute approximate surface area is 158 Å². The molecule has 1 aliphatic carbocycles. The Kier molecular flexibility index (Phi) is 4.92. The average molecular weight is 369 g/mol. The fraction of sp³-hybridized carbons (Fsp3) is 0.429. The van der Waals surface area contributed by atoms with Crippen molar-refractivity contribution in [3.63, 3.8) is 0 Å². The number of Topliss-reactive ketones (excluding diaryl/α,β-unsaturated/α-hetero) is 1. The van der Waals surface area contributed by atoms with E-state index in [1.165, 1.54) is 28.9 Å². The van der Waals surface area contributed by atoms with E-state index in [0.29, 0.717) is 16.5 Å². The molecule has 4 nitrogen and oxygen atoms in total. The topological polar surface area (TPSA) is 40.6 Å². The number of carbonyl (C=O) groups is 2. The van der Waals surface area contributed by atoms with Gasteiger partial charge in [0.25, 0.3) is 5.91 Å². The minimum atomic E-state index is 0.0245. The van der Waals surface area contributed by atoms with Crippen LogP contribution in [0.1, 0.15) is 44.5 Å². The molecule has 0 spiro atoms. The minimum Gasteiger partial charge on any atom is -0.336 e. The van der Waals surface area contributed by atoms with Gasteiger partial charge in [0.2, 0.25) is 0 Å². The van der Waals surface area contributed by atoms with Crippen LogP contribution in [0.2, 0.25) is 0 Å². The molecule has 2 heterocycles. The quantitative estimate of drug-likeness (QED) is 0.781. The van der Waals surface area contributed by atoms with Crippen molar-refractivity contribution in [2.75, 3.05) is 26.2 Å². The lowest BCUT2D eigenvalue weighted by molar-refractivity contribution is 0.0553. The second kappa shape index (κ2) is 7.33. The number of ketones is 1. The second-order valence-electron chi connectivity index (χ2n) is 7.25. The summed E-state index contributed by atoms with van der Waals surface area (Å²) in [6.45, 7) is 4.94. The highest BCUT2D eigenvalue weighted by molar-refractivity contribution is 7.12. The van der Waals surface area contributed by atoms with Crippen LogP contribution in [0, 0.1) is 0 Å². The molecule has 136 valence electrons. The minimum absolute atomic E-state index is 0.0245. The summed E-state index contributed by atoms with van der Waals surface area (Å²) in [7, 11) is 0. The van der Waals surface area contributed by atoms with Crippen LogP contribution in [0.5, 0.6) is 0 Å². The van der Waals surface area contributed by atoms with E-state index in [2.05, 4.69) is 29.2 Å². The number of nitrogens with zero attached hydrogens (tertiary/aromatic N) is 2. The van der Waals surface area contributed by atoms with Crippen molar-refractivity contribution in [2.24, 2.45) is 0 Å². The summed E-state index contributed by atoms with van der Waals surface area (Å²) < 4.78 is 0. The third-order valence-electron chi connectivity index (χ3n) is 5.63. The molecule has 1 aromatic carbocycles.